The van der Waals surface area contributed by atoms with Gasteiger partial charge in [0.25, 0.3) is 0 Å². The molecular weight excluding hydrogens is 488 g/mol. The van der Waals surface area contributed by atoms with Gasteiger partial charge >= 0.3 is 0 Å². The summed E-state index contributed by atoms with van der Waals surface area (Å²) >= 11 is 0. The van der Waals surface area contributed by atoms with Crippen LogP contribution in [0.2, 0.25) is 0 Å². The zero-order chi connectivity index (χ0) is 27.5. The Kier molecular flexibility index (Phi) is 10.5. The van der Waals surface area contributed by atoms with Crippen molar-refractivity contribution in [3.8, 4) is 33.8 Å². The third-order valence-electron chi connectivity index (χ3n) is 6.73. The zero-order valence-corrected chi connectivity index (χ0v) is 22.8. The summed E-state index contributed by atoms with van der Waals surface area (Å²) in [6, 6.07) is 32.0. The molecule has 0 radical (unpaired) electrons. The molecule has 2 unspecified atom stereocenters. The molecule has 2 N–H and O–H groups in total. The normalized spacial score (nSPS) is 12.6. The van der Waals surface area contributed by atoms with E-state index in [1.807, 2.05) is 111 Å². The van der Waals surface area contributed by atoms with Crippen molar-refractivity contribution >= 4 is 0 Å². The largest absolute Gasteiger partial charge is 0.491 e. The number of benzene rings is 4. The molecule has 0 heterocycles. The maximum Gasteiger partial charge on any atom is 0.119 e. The number of rotatable bonds is 14. The van der Waals surface area contributed by atoms with Crippen LogP contribution in [0.3, 0.4) is 0 Å². The Bertz CT molecular complexity index is 1150. The van der Waals surface area contributed by atoms with Gasteiger partial charge in [0.2, 0.25) is 0 Å². The van der Waals surface area contributed by atoms with Gasteiger partial charge in [0.05, 0.1) is 25.4 Å². The van der Waals surface area contributed by atoms with Gasteiger partial charge in [0.15, 0.2) is 0 Å². The first kappa shape index (κ1) is 28.4. The highest BCUT2D eigenvalue weighted by Crippen LogP contribution is 2.26. The average Bonchev–Trinajstić information content (AvgIpc) is 3.00. The van der Waals surface area contributed by atoms with Crippen molar-refractivity contribution in [1.82, 2.24) is 0 Å². The van der Waals surface area contributed by atoms with E-state index in [1.165, 1.54) is 0 Å². The molecule has 0 aliphatic rings. The van der Waals surface area contributed by atoms with Gasteiger partial charge in [-0.1, -0.05) is 86.6 Å². The molecule has 0 saturated heterocycles. The van der Waals surface area contributed by atoms with E-state index in [0.29, 0.717) is 39.3 Å². The predicted octanol–water partition coefficient (Wildman–Crippen LogP) is 7.38. The summed E-state index contributed by atoms with van der Waals surface area (Å²) in [6.07, 6.45) is 0.594. The van der Waals surface area contributed by atoms with E-state index in [0.717, 1.165) is 44.9 Å². The van der Waals surface area contributed by atoms with Crippen molar-refractivity contribution in [1.29, 1.82) is 0 Å². The van der Waals surface area contributed by atoms with Gasteiger partial charge in [-0.2, -0.15) is 0 Å². The van der Waals surface area contributed by atoms with Gasteiger partial charge in [-0.05, 0) is 70.5 Å². The molecule has 0 aliphatic heterocycles. The van der Waals surface area contributed by atoms with E-state index < -0.39 is 12.2 Å². The van der Waals surface area contributed by atoms with Crippen LogP contribution in [0.1, 0.15) is 50.0 Å². The first-order valence-electron chi connectivity index (χ1n) is 13.7. The molecule has 5 heteroatoms. The maximum absolute atomic E-state index is 9.96. The molecule has 4 aromatic rings. The van der Waals surface area contributed by atoms with Crippen molar-refractivity contribution in [2.24, 2.45) is 0 Å². The lowest BCUT2D eigenvalue weighted by Crippen LogP contribution is -2.12. The molecule has 0 bridgehead atoms. The summed E-state index contributed by atoms with van der Waals surface area (Å²) in [7, 11) is 0. The molecule has 204 valence electrons. The van der Waals surface area contributed by atoms with E-state index >= 15 is 0 Å². The SMILES string of the molecule is CCC(O)c1ccc(-c2ccc(OCCOCCOc3ccc(-c4ccc(C(O)CC)cc4)cc3)cc2)cc1. The van der Waals surface area contributed by atoms with E-state index in [1.54, 1.807) is 0 Å². The molecule has 0 spiro atoms. The molecule has 39 heavy (non-hydrogen) atoms. The number of hydrogen-bond donors (Lipinski definition) is 2. The number of aliphatic hydroxyl groups is 2. The molecule has 4 rings (SSSR count). The van der Waals surface area contributed by atoms with Crippen LogP contribution in [0.25, 0.3) is 22.3 Å². The van der Waals surface area contributed by atoms with Crippen LogP contribution in [0.4, 0.5) is 0 Å². The Hall–Kier alpha value is -3.64. The maximum atomic E-state index is 9.96. The molecule has 0 saturated carbocycles. The summed E-state index contributed by atoms with van der Waals surface area (Å²) in [6.45, 7) is 5.83. The average molecular weight is 527 g/mol. The highest BCUT2D eigenvalue weighted by Gasteiger charge is 2.07. The molecule has 5 nitrogen and oxygen atoms in total. The molecule has 2 atom stereocenters. The topological polar surface area (TPSA) is 68.2 Å². The van der Waals surface area contributed by atoms with Gasteiger partial charge < -0.3 is 24.4 Å². The summed E-state index contributed by atoms with van der Waals surface area (Å²) < 4.78 is 17.2. The van der Waals surface area contributed by atoms with Crippen molar-refractivity contribution in [3.63, 3.8) is 0 Å². The Morgan fingerprint density at radius 2 is 0.769 bits per heavy atom. The fourth-order valence-corrected chi connectivity index (χ4v) is 4.29. The van der Waals surface area contributed by atoms with E-state index in [-0.39, 0.29) is 0 Å². The highest BCUT2D eigenvalue weighted by atomic mass is 16.5. The van der Waals surface area contributed by atoms with Crippen LogP contribution < -0.4 is 9.47 Å². The fourth-order valence-electron chi connectivity index (χ4n) is 4.29. The smallest absolute Gasteiger partial charge is 0.119 e. The van der Waals surface area contributed by atoms with Crippen LogP contribution in [0, 0.1) is 0 Å². The van der Waals surface area contributed by atoms with E-state index in [9.17, 15) is 10.2 Å². The molecular formula is C34H38O5. The fraction of sp³-hybridized carbons (Fsp3) is 0.294. The third kappa shape index (κ3) is 8.17. The second-order valence-corrected chi connectivity index (χ2v) is 9.45. The predicted molar refractivity (Wildman–Crippen MR) is 156 cm³/mol. The second-order valence-electron chi connectivity index (χ2n) is 9.45. The molecule has 0 amide bonds. The monoisotopic (exact) mass is 526 g/mol. The molecule has 0 aliphatic carbocycles. The second kappa shape index (κ2) is 14.5. The van der Waals surface area contributed by atoms with Crippen molar-refractivity contribution < 1.29 is 24.4 Å². The minimum atomic E-state index is -0.410. The van der Waals surface area contributed by atoms with Crippen LogP contribution in [0.5, 0.6) is 11.5 Å². The number of aliphatic hydroxyl groups excluding tert-OH is 2. The Morgan fingerprint density at radius 3 is 1.08 bits per heavy atom. The van der Waals surface area contributed by atoms with Crippen molar-refractivity contribution in [2.45, 2.75) is 38.9 Å². The van der Waals surface area contributed by atoms with E-state index in [2.05, 4.69) is 0 Å². The van der Waals surface area contributed by atoms with Gasteiger partial charge in [-0.3, -0.25) is 0 Å². The summed E-state index contributed by atoms with van der Waals surface area (Å²) in [5.41, 5.74) is 6.30. The van der Waals surface area contributed by atoms with Crippen LogP contribution >= 0.6 is 0 Å². The first-order chi connectivity index (χ1) is 19.1. The van der Waals surface area contributed by atoms with Crippen LogP contribution in [-0.2, 0) is 4.74 Å². The Balaban J connectivity index is 1.12. The zero-order valence-electron chi connectivity index (χ0n) is 22.8. The summed E-state index contributed by atoms with van der Waals surface area (Å²) in [5.74, 6) is 1.60. The Morgan fingerprint density at radius 1 is 0.462 bits per heavy atom. The van der Waals surface area contributed by atoms with Gasteiger partial charge in [-0.25, -0.2) is 0 Å². The number of hydrogen-bond acceptors (Lipinski definition) is 5. The summed E-state index contributed by atoms with van der Waals surface area (Å²) in [5, 5.41) is 19.9. The van der Waals surface area contributed by atoms with Gasteiger partial charge in [0, 0.05) is 0 Å². The Labute approximate surface area is 231 Å². The summed E-state index contributed by atoms with van der Waals surface area (Å²) in [4.78, 5) is 0. The van der Waals surface area contributed by atoms with Crippen LogP contribution in [0.15, 0.2) is 97.1 Å². The lowest BCUT2D eigenvalue weighted by atomic mass is 10.0. The standard InChI is InChI=1S/C34H38O5/c1-3-33(35)29-9-5-25(6-10-29)27-13-17-31(18-14-27)38-23-21-37-22-24-39-32-19-15-28(16-20-32)26-7-11-30(12-8-26)34(36)4-2/h5-20,33-36H,3-4,21-24H2,1-2H3. The first-order valence-corrected chi connectivity index (χ1v) is 13.7. The van der Waals surface area contributed by atoms with E-state index in [4.69, 9.17) is 14.2 Å². The molecule has 4 aromatic carbocycles. The lowest BCUT2D eigenvalue weighted by molar-refractivity contribution is 0.0764. The van der Waals surface area contributed by atoms with Gasteiger partial charge in [-0.15, -0.1) is 0 Å². The van der Waals surface area contributed by atoms with Crippen LogP contribution in [-0.4, -0.2) is 36.6 Å². The minimum Gasteiger partial charge on any atom is -0.491 e. The minimum absolute atomic E-state index is 0.410. The third-order valence-corrected chi connectivity index (χ3v) is 6.73. The number of ether oxygens (including phenoxy) is 3. The lowest BCUT2D eigenvalue weighted by Gasteiger charge is -2.11. The molecule has 0 fully saturated rings. The van der Waals surface area contributed by atoms with Crippen molar-refractivity contribution in [3.05, 3.63) is 108 Å². The quantitative estimate of drug-likeness (QED) is 0.168. The van der Waals surface area contributed by atoms with Gasteiger partial charge in [0.1, 0.15) is 24.7 Å². The molecule has 0 aromatic heterocycles. The van der Waals surface area contributed by atoms with Crippen molar-refractivity contribution in [2.75, 3.05) is 26.4 Å². The highest BCUT2D eigenvalue weighted by molar-refractivity contribution is 5.65.